The Hall–Kier alpha value is -4.20. The van der Waals surface area contributed by atoms with Crippen molar-refractivity contribution in [3.8, 4) is 0 Å². The number of carbonyl (C=O) groups is 1. The summed E-state index contributed by atoms with van der Waals surface area (Å²) in [5.41, 5.74) is 4.94. The molecule has 8 heteroatoms. The summed E-state index contributed by atoms with van der Waals surface area (Å²) in [7, 11) is 1.89. The fourth-order valence-electron chi connectivity index (χ4n) is 6.25. The molecule has 0 aliphatic carbocycles. The number of rotatable bonds is 11. The Labute approximate surface area is 269 Å². The Balaban J connectivity index is 1.08. The van der Waals surface area contributed by atoms with Gasteiger partial charge in [-0.1, -0.05) is 66.2 Å². The van der Waals surface area contributed by atoms with Gasteiger partial charge < -0.3 is 19.7 Å². The smallest absolute Gasteiger partial charge is 0.253 e. The quantitative estimate of drug-likeness (QED) is 0.164. The van der Waals surface area contributed by atoms with Crippen LogP contribution in [-0.2, 0) is 6.54 Å². The summed E-state index contributed by atoms with van der Waals surface area (Å²) in [6, 6.07) is 32.6. The molecule has 0 bridgehead atoms. The van der Waals surface area contributed by atoms with Crippen molar-refractivity contribution in [2.24, 2.45) is 0 Å². The molecule has 1 aromatic heterocycles. The van der Waals surface area contributed by atoms with Crippen LogP contribution in [0.4, 0.5) is 10.3 Å². The number of carbonyl (C=O) groups excluding carboxylic acids is 1. The molecule has 1 atom stereocenters. The van der Waals surface area contributed by atoms with E-state index in [1.807, 2.05) is 84.7 Å². The monoisotopic (exact) mass is 623 g/mol. The number of amides is 1. The molecule has 6 nitrogen and oxygen atoms in total. The molecule has 1 aliphatic heterocycles. The lowest BCUT2D eigenvalue weighted by Gasteiger charge is -2.34. The van der Waals surface area contributed by atoms with Gasteiger partial charge in [0.1, 0.15) is 5.82 Å². The molecule has 4 aromatic carbocycles. The number of nitrogens with zero attached hydrogens (tertiary/aromatic N) is 4. The molecule has 45 heavy (non-hydrogen) atoms. The van der Waals surface area contributed by atoms with Crippen LogP contribution >= 0.6 is 11.6 Å². The summed E-state index contributed by atoms with van der Waals surface area (Å²) in [5.74, 6) is 0.855. The fraction of sp³-hybridized carbons (Fsp3) is 0.297. The SMILES string of the molecule is CN(CC(CCN1CCC(Nc2nc3ccccc3n2Cc2ccc(F)cc2)CC1)c1ccc(Cl)cc1)C(=O)c1ccccc1. The summed E-state index contributed by atoms with van der Waals surface area (Å²) < 4.78 is 15.7. The predicted molar refractivity (Wildman–Crippen MR) is 181 cm³/mol. The van der Waals surface area contributed by atoms with Crippen LogP contribution in [0, 0.1) is 5.82 Å². The predicted octanol–water partition coefficient (Wildman–Crippen LogP) is 7.70. The lowest BCUT2D eigenvalue weighted by molar-refractivity contribution is 0.0782. The molecular weight excluding hydrogens is 585 g/mol. The molecule has 1 saturated heterocycles. The van der Waals surface area contributed by atoms with Gasteiger partial charge in [-0.3, -0.25) is 4.79 Å². The molecule has 1 unspecified atom stereocenters. The zero-order chi connectivity index (χ0) is 31.2. The first kappa shape index (κ1) is 30.8. The molecule has 6 rings (SSSR count). The van der Waals surface area contributed by atoms with Gasteiger partial charge in [-0.2, -0.15) is 0 Å². The van der Waals surface area contributed by atoms with Gasteiger partial charge >= 0.3 is 0 Å². The number of para-hydroxylation sites is 2. The number of hydrogen-bond donors (Lipinski definition) is 1. The second kappa shape index (κ2) is 14.3. The van der Waals surface area contributed by atoms with E-state index in [1.165, 1.54) is 17.7 Å². The topological polar surface area (TPSA) is 53.4 Å². The molecule has 0 spiro atoms. The van der Waals surface area contributed by atoms with E-state index in [0.717, 1.165) is 61.4 Å². The number of likely N-dealkylation sites (tertiary alicyclic amines) is 1. The summed E-state index contributed by atoms with van der Waals surface area (Å²) in [5, 5.41) is 4.45. The molecule has 0 saturated carbocycles. The van der Waals surface area contributed by atoms with Gasteiger partial charge in [-0.25, -0.2) is 9.37 Å². The Kier molecular flexibility index (Phi) is 9.77. The van der Waals surface area contributed by atoms with Crippen LogP contribution < -0.4 is 5.32 Å². The van der Waals surface area contributed by atoms with E-state index in [4.69, 9.17) is 16.6 Å². The third-order valence-corrected chi connectivity index (χ3v) is 9.08. The standard InChI is InChI=1S/C37H39ClFN5O/c1-42(36(45)29-7-3-2-4-8-29)26-30(28-13-15-31(38)16-14-28)19-22-43-23-20-33(21-24-43)40-37-41-34-9-5-6-10-35(34)44(37)25-27-11-17-32(39)18-12-27/h2-18,30,33H,19-26H2,1H3,(H,40,41). The highest BCUT2D eigenvalue weighted by Gasteiger charge is 2.24. The van der Waals surface area contributed by atoms with Crippen molar-refractivity contribution in [1.82, 2.24) is 19.4 Å². The molecule has 2 heterocycles. The second-order valence-electron chi connectivity index (χ2n) is 12.0. The van der Waals surface area contributed by atoms with E-state index in [2.05, 4.69) is 33.0 Å². The first-order valence-electron chi connectivity index (χ1n) is 15.7. The minimum Gasteiger partial charge on any atom is -0.353 e. The largest absolute Gasteiger partial charge is 0.353 e. The van der Waals surface area contributed by atoms with E-state index in [9.17, 15) is 9.18 Å². The first-order chi connectivity index (χ1) is 21.9. The van der Waals surface area contributed by atoms with Gasteiger partial charge in [-0.05, 0) is 85.5 Å². The van der Waals surface area contributed by atoms with Crippen LogP contribution in [0.5, 0.6) is 0 Å². The number of aromatic nitrogens is 2. The van der Waals surface area contributed by atoms with E-state index < -0.39 is 0 Å². The van der Waals surface area contributed by atoms with Gasteiger partial charge in [0, 0.05) is 49.2 Å². The minimum atomic E-state index is -0.230. The average molecular weight is 624 g/mol. The highest BCUT2D eigenvalue weighted by Crippen LogP contribution is 2.27. The molecule has 1 N–H and O–H groups in total. The van der Waals surface area contributed by atoms with E-state index in [-0.39, 0.29) is 17.6 Å². The number of nitrogens with one attached hydrogen (secondary N) is 1. The van der Waals surface area contributed by atoms with E-state index >= 15 is 0 Å². The van der Waals surface area contributed by atoms with Crippen molar-refractivity contribution in [2.75, 3.05) is 38.5 Å². The van der Waals surface area contributed by atoms with Gasteiger partial charge in [0.25, 0.3) is 5.91 Å². The van der Waals surface area contributed by atoms with Crippen molar-refractivity contribution in [2.45, 2.75) is 37.8 Å². The summed E-state index contributed by atoms with van der Waals surface area (Å²) in [6.45, 7) is 4.19. The lowest BCUT2D eigenvalue weighted by atomic mass is 9.94. The Morgan fingerprint density at radius 2 is 1.64 bits per heavy atom. The normalized spacial score (nSPS) is 14.8. The number of halogens is 2. The number of likely N-dealkylation sites (N-methyl/N-ethyl adjacent to an activating group) is 1. The molecule has 5 aromatic rings. The average Bonchev–Trinajstić information content (AvgIpc) is 3.41. The Morgan fingerprint density at radius 1 is 0.956 bits per heavy atom. The minimum absolute atomic E-state index is 0.0342. The zero-order valence-corrected chi connectivity index (χ0v) is 26.3. The maximum absolute atomic E-state index is 13.5. The van der Waals surface area contributed by atoms with Crippen molar-refractivity contribution in [3.05, 3.63) is 131 Å². The second-order valence-corrected chi connectivity index (χ2v) is 12.4. The van der Waals surface area contributed by atoms with E-state index in [1.54, 1.807) is 0 Å². The highest BCUT2D eigenvalue weighted by molar-refractivity contribution is 6.30. The summed E-state index contributed by atoms with van der Waals surface area (Å²) in [4.78, 5) is 22.4. The van der Waals surface area contributed by atoms with E-state index in [0.29, 0.717) is 29.7 Å². The van der Waals surface area contributed by atoms with Gasteiger partial charge in [-0.15, -0.1) is 0 Å². The van der Waals surface area contributed by atoms with Crippen LogP contribution in [0.1, 0.15) is 46.7 Å². The van der Waals surface area contributed by atoms with Gasteiger partial charge in [0.05, 0.1) is 17.6 Å². The van der Waals surface area contributed by atoms with Crippen LogP contribution in [0.2, 0.25) is 5.02 Å². The molecule has 1 fully saturated rings. The molecule has 232 valence electrons. The molecule has 1 amide bonds. The van der Waals surface area contributed by atoms with Crippen molar-refractivity contribution in [1.29, 1.82) is 0 Å². The number of benzene rings is 4. The number of anilines is 1. The number of piperidine rings is 1. The Bertz CT molecular complexity index is 1700. The highest BCUT2D eigenvalue weighted by atomic mass is 35.5. The third kappa shape index (κ3) is 7.72. The summed E-state index contributed by atoms with van der Waals surface area (Å²) in [6.07, 6.45) is 2.97. The van der Waals surface area contributed by atoms with Crippen LogP contribution in [0.25, 0.3) is 11.0 Å². The number of hydrogen-bond acceptors (Lipinski definition) is 4. The molecule has 1 aliphatic rings. The maximum atomic E-state index is 13.5. The molecular formula is C37H39ClFN5O. The first-order valence-corrected chi connectivity index (χ1v) is 16.1. The zero-order valence-electron chi connectivity index (χ0n) is 25.6. The molecule has 0 radical (unpaired) electrons. The van der Waals surface area contributed by atoms with Gasteiger partial charge in [0.2, 0.25) is 5.95 Å². The van der Waals surface area contributed by atoms with Crippen LogP contribution in [0.3, 0.4) is 0 Å². The van der Waals surface area contributed by atoms with Crippen LogP contribution in [-0.4, -0.2) is 64.5 Å². The third-order valence-electron chi connectivity index (χ3n) is 8.83. The Morgan fingerprint density at radius 3 is 2.38 bits per heavy atom. The number of fused-ring (bicyclic) bond motifs is 1. The number of imidazole rings is 1. The van der Waals surface area contributed by atoms with Crippen molar-refractivity contribution >= 4 is 34.5 Å². The summed E-state index contributed by atoms with van der Waals surface area (Å²) >= 11 is 6.20. The lowest BCUT2D eigenvalue weighted by Crippen LogP contribution is -2.40. The maximum Gasteiger partial charge on any atom is 0.253 e. The van der Waals surface area contributed by atoms with Crippen LogP contribution in [0.15, 0.2) is 103 Å². The fourth-order valence-corrected chi connectivity index (χ4v) is 6.38. The van der Waals surface area contributed by atoms with Gasteiger partial charge in [0.15, 0.2) is 0 Å². The van der Waals surface area contributed by atoms with Crippen molar-refractivity contribution < 1.29 is 9.18 Å². The van der Waals surface area contributed by atoms with Crippen molar-refractivity contribution in [3.63, 3.8) is 0 Å².